The molecule has 0 bridgehead atoms. The van der Waals surface area contributed by atoms with Crippen molar-refractivity contribution < 1.29 is 14.6 Å². The fourth-order valence-electron chi connectivity index (χ4n) is 2.78. The van der Waals surface area contributed by atoms with Gasteiger partial charge >= 0.3 is 0 Å². The van der Waals surface area contributed by atoms with Crippen LogP contribution in [0.1, 0.15) is 42.1 Å². The SMILES string of the molecule is CCC(CO)CNC(=O)c1cc(-c2ccc(C#N)cc2)cnc1OCC1CC1. The molecule has 1 atom stereocenters. The van der Waals surface area contributed by atoms with Crippen molar-refractivity contribution in [3.63, 3.8) is 0 Å². The van der Waals surface area contributed by atoms with Crippen molar-refractivity contribution in [3.8, 4) is 23.1 Å². The molecule has 1 unspecified atom stereocenters. The zero-order chi connectivity index (χ0) is 19.9. The molecule has 6 heteroatoms. The summed E-state index contributed by atoms with van der Waals surface area (Å²) in [5, 5.41) is 21.2. The third-order valence-electron chi connectivity index (χ3n) is 4.98. The Labute approximate surface area is 165 Å². The van der Waals surface area contributed by atoms with Gasteiger partial charge in [-0.2, -0.15) is 5.26 Å². The van der Waals surface area contributed by atoms with Crippen LogP contribution in [0.15, 0.2) is 36.5 Å². The van der Waals surface area contributed by atoms with E-state index < -0.39 is 0 Å². The molecule has 6 nitrogen and oxygen atoms in total. The summed E-state index contributed by atoms with van der Waals surface area (Å²) in [5.41, 5.74) is 2.61. The van der Waals surface area contributed by atoms with Gasteiger partial charge in [0.05, 0.1) is 18.2 Å². The van der Waals surface area contributed by atoms with Gasteiger partial charge in [0.15, 0.2) is 0 Å². The topological polar surface area (TPSA) is 95.2 Å². The molecule has 1 aromatic heterocycles. The first-order chi connectivity index (χ1) is 13.6. The molecule has 1 amide bonds. The lowest BCUT2D eigenvalue weighted by atomic mass is 10.0. The van der Waals surface area contributed by atoms with Crippen molar-refractivity contribution in [2.45, 2.75) is 26.2 Å². The molecule has 0 spiro atoms. The Morgan fingerprint density at radius 2 is 2.11 bits per heavy atom. The predicted octanol–water partition coefficient (Wildman–Crippen LogP) is 3.16. The third kappa shape index (κ3) is 5.08. The van der Waals surface area contributed by atoms with Crippen LogP contribution in [0.3, 0.4) is 0 Å². The monoisotopic (exact) mass is 379 g/mol. The van der Waals surface area contributed by atoms with Crippen molar-refractivity contribution in [1.82, 2.24) is 10.3 Å². The fraction of sp³-hybridized carbons (Fsp3) is 0.409. The van der Waals surface area contributed by atoms with Gasteiger partial charge in [-0.25, -0.2) is 4.98 Å². The standard InChI is InChI=1S/C22H25N3O3/c1-2-15(13-26)11-24-21(27)20-9-19(18-7-5-16(10-23)6-8-18)12-25-22(20)28-14-17-3-4-17/h5-9,12,15,17,26H,2-4,11,13-14H2,1H3,(H,24,27). The highest BCUT2D eigenvalue weighted by atomic mass is 16.5. The number of amides is 1. The van der Waals surface area contributed by atoms with Crippen LogP contribution in [0.5, 0.6) is 5.88 Å². The lowest BCUT2D eigenvalue weighted by Crippen LogP contribution is -2.31. The van der Waals surface area contributed by atoms with Gasteiger partial charge in [-0.3, -0.25) is 4.79 Å². The first kappa shape index (κ1) is 19.8. The number of carbonyl (C=O) groups is 1. The molecule has 1 aliphatic carbocycles. The average Bonchev–Trinajstić information content (AvgIpc) is 3.57. The van der Waals surface area contributed by atoms with E-state index in [1.807, 2.05) is 19.1 Å². The van der Waals surface area contributed by atoms with Crippen LogP contribution in [0.2, 0.25) is 0 Å². The minimum Gasteiger partial charge on any atom is -0.477 e. The molecule has 3 rings (SSSR count). The third-order valence-corrected chi connectivity index (χ3v) is 4.98. The number of ether oxygens (including phenoxy) is 1. The molecular formula is C22H25N3O3. The molecule has 28 heavy (non-hydrogen) atoms. The highest BCUT2D eigenvalue weighted by Gasteiger charge is 2.24. The number of nitrogens with zero attached hydrogens (tertiary/aromatic N) is 2. The van der Waals surface area contributed by atoms with Crippen LogP contribution < -0.4 is 10.1 Å². The number of benzene rings is 1. The number of aliphatic hydroxyl groups excluding tert-OH is 1. The summed E-state index contributed by atoms with van der Waals surface area (Å²) in [6, 6.07) is 11.0. The summed E-state index contributed by atoms with van der Waals surface area (Å²) < 4.78 is 5.80. The first-order valence-electron chi connectivity index (χ1n) is 9.67. The van der Waals surface area contributed by atoms with E-state index in [0.29, 0.717) is 36.1 Å². The van der Waals surface area contributed by atoms with E-state index in [9.17, 15) is 9.90 Å². The Hall–Kier alpha value is -2.91. The van der Waals surface area contributed by atoms with Crippen LogP contribution in [-0.4, -0.2) is 35.8 Å². The number of aromatic nitrogens is 1. The summed E-state index contributed by atoms with van der Waals surface area (Å²) in [5.74, 6) is 0.642. The van der Waals surface area contributed by atoms with Gasteiger partial charge in [0, 0.05) is 24.9 Å². The van der Waals surface area contributed by atoms with Gasteiger partial charge in [0.25, 0.3) is 5.91 Å². The second kappa shape index (κ2) is 9.34. The van der Waals surface area contributed by atoms with Gasteiger partial charge in [-0.15, -0.1) is 0 Å². The molecule has 1 heterocycles. The number of rotatable bonds is 9. The van der Waals surface area contributed by atoms with Crippen LogP contribution in [0, 0.1) is 23.2 Å². The molecule has 1 saturated carbocycles. The predicted molar refractivity (Wildman–Crippen MR) is 106 cm³/mol. The number of carbonyl (C=O) groups excluding carboxylic acids is 1. The Balaban J connectivity index is 1.83. The smallest absolute Gasteiger partial charge is 0.256 e. The normalized spacial score (nSPS) is 14.2. The summed E-state index contributed by atoms with van der Waals surface area (Å²) in [6.45, 7) is 2.97. The van der Waals surface area contributed by atoms with E-state index in [2.05, 4.69) is 16.4 Å². The number of hydrogen-bond donors (Lipinski definition) is 2. The molecule has 1 fully saturated rings. The number of pyridine rings is 1. The van der Waals surface area contributed by atoms with E-state index in [4.69, 9.17) is 10.00 Å². The first-order valence-corrected chi connectivity index (χ1v) is 9.67. The van der Waals surface area contributed by atoms with E-state index >= 15 is 0 Å². The molecular weight excluding hydrogens is 354 g/mol. The van der Waals surface area contributed by atoms with Gasteiger partial charge in [0.2, 0.25) is 5.88 Å². The maximum absolute atomic E-state index is 12.8. The Bertz CT molecular complexity index is 850. The van der Waals surface area contributed by atoms with Gasteiger partial charge in [-0.1, -0.05) is 19.1 Å². The molecule has 0 aliphatic heterocycles. The van der Waals surface area contributed by atoms with Crippen molar-refractivity contribution in [2.75, 3.05) is 19.8 Å². The summed E-state index contributed by atoms with van der Waals surface area (Å²) in [6.07, 6.45) is 4.77. The van der Waals surface area contributed by atoms with E-state index in [1.165, 1.54) is 0 Å². The molecule has 2 aromatic rings. The number of hydrogen-bond acceptors (Lipinski definition) is 5. The summed E-state index contributed by atoms with van der Waals surface area (Å²) in [7, 11) is 0. The maximum Gasteiger partial charge on any atom is 0.256 e. The number of nitrogens with one attached hydrogen (secondary N) is 1. The Morgan fingerprint density at radius 3 is 2.71 bits per heavy atom. The van der Waals surface area contributed by atoms with Gasteiger partial charge < -0.3 is 15.2 Å². The Kier molecular flexibility index (Phi) is 6.62. The van der Waals surface area contributed by atoms with Crippen LogP contribution in [-0.2, 0) is 0 Å². The minimum absolute atomic E-state index is 0.0226. The highest BCUT2D eigenvalue weighted by Crippen LogP contribution is 2.31. The van der Waals surface area contributed by atoms with E-state index in [-0.39, 0.29) is 18.4 Å². The lowest BCUT2D eigenvalue weighted by Gasteiger charge is -2.15. The van der Waals surface area contributed by atoms with E-state index in [0.717, 1.165) is 30.4 Å². The number of nitriles is 1. The molecule has 2 N–H and O–H groups in total. The molecule has 1 aromatic carbocycles. The van der Waals surface area contributed by atoms with Crippen LogP contribution >= 0.6 is 0 Å². The number of aliphatic hydroxyl groups is 1. The lowest BCUT2D eigenvalue weighted by molar-refractivity contribution is 0.0934. The second-order valence-corrected chi connectivity index (χ2v) is 7.19. The summed E-state index contributed by atoms with van der Waals surface area (Å²) in [4.78, 5) is 17.2. The van der Waals surface area contributed by atoms with Gasteiger partial charge in [0.1, 0.15) is 5.56 Å². The summed E-state index contributed by atoms with van der Waals surface area (Å²) >= 11 is 0. The Morgan fingerprint density at radius 1 is 1.36 bits per heavy atom. The van der Waals surface area contributed by atoms with Crippen LogP contribution in [0.4, 0.5) is 0 Å². The molecule has 1 aliphatic rings. The highest BCUT2D eigenvalue weighted by molar-refractivity contribution is 5.97. The van der Waals surface area contributed by atoms with Crippen molar-refractivity contribution in [3.05, 3.63) is 47.7 Å². The van der Waals surface area contributed by atoms with Crippen molar-refractivity contribution in [2.24, 2.45) is 11.8 Å². The largest absolute Gasteiger partial charge is 0.477 e. The molecule has 0 radical (unpaired) electrons. The zero-order valence-corrected chi connectivity index (χ0v) is 16.0. The molecule has 146 valence electrons. The van der Waals surface area contributed by atoms with Gasteiger partial charge in [-0.05, 0) is 54.9 Å². The van der Waals surface area contributed by atoms with Crippen molar-refractivity contribution in [1.29, 1.82) is 5.26 Å². The maximum atomic E-state index is 12.8. The zero-order valence-electron chi connectivity index (χ0n) is 16.0. The average molecular weight is 379 g/mol. The van der Waals surface area contributed by atoms with Crippen LogP contribution in [0.25, 0.3) is 11.1 Å². The van der Waals surface area contributed by atoms with Crippen molar-refractivity contribution >= 4 is 5.91 Å². The van der Waals surface area contributed by atoms with E-state index in [1.54, 1.807) is 24.4 Å². The quantitative estimate of drug-likeness (QED) is 0.698. The minimum atomic E-state index is -0.263. The second-order valence-electron chi connectivity index (χ2n) is 7.19. The molecule has 0 saturated heterocycles. The fourth-order valence-corrected chi connectivity index (χ4v) is 2.78.